The normalized spacial score (nSPS) is 17.3. The van der Waals surface area contributed by atoms with E-state index in [0.717, 1.165) is 36.4 Å². The highest BCUT2D eigenvalue weighted by atomic mass is 16.6. The molecule has 1 aromatic carbocycles. The molecule has 2 fully saturated rings. The number of hydrogen-bond donors (Lipinski definition) is 3. The van der Waals surface area contributed by atoms with Crippen LogP contribution in [-0.2, 0) is 9.47 Å². The van der Waals surface area contributed by atoms with Crippen LogP contribution in [0.5, 0.6) is 0 Å². The number of hydrogen-bond acceptors (Lipinski definition) is 10. The standard InChI is InChI=1S/C29H36N8O4/c1-29(2,3)41-28(39)37-11-9-21(18-37)33-20-6-4-19(5-7-20)22-17-32-26(30)25(34-22)27(38)35-23-16-31-10-8-24(23)36-12-14-40-15-13-36/h4-8,10,16-17,21,33H,9,11-15,18H2,1-3H3,(H2,30,32)(H,35,38)/t21-/m1/s1. The molecule has 0 spiro atoms. The maximum absolute atomic E-state index is 13.2. The summed E-state index contributed by atoms with van der Waals surface area (Å²) in [6.07, 6.45) is 5.39. The van der Waals surface area contributed by atoms with Crippen LogP contribution in [0.15, 0.2) is 48.9 Å². The second-order valence-electron chi connectivity index (χ2n) is 11.1. The first-order chi connectivity index (χ1) is 19.7. The largest absolute Gasteiger partial charge is 0.444 e. The lowest BCUT2D eigenvalue weighted by molar-refractivity contribution is 0.0293. The molecular formula is C29H36N8O4. The fourth-order valence-corrected chi connectivity index (χ4v) is 4.79. The average molecular weight is 561 g/mol. The zero-order chi connectivity index (χ0) is 29.0. The first-order valence-corrected chi connectivity index (χ1v) is 13.7. The maximum atomic E-state index is 13.2. The summed E-state index contributed by atoms with van der Waals surface area (Å²) in [5.74, 6) is -0.425. The summed E-state index contributed by atoms with van der Waals surface area (Å²) in [4.78, 5) is 42.4. The third-order valence-corrected chi connectivity index (χ3v) is 6.81. The fourth-order valence-electron chi connectivity index (χ4n) is 4.79. The lowest BCUT2D eigenvalue weighted by atomic mass is 10.1. The van der Waals surface area contributed by atoms with Gasteiger partial charge in [-0.1, -0.05) is 12.1 Å². The molecule has 0 unspecified atom stereocenters. The van der Waals surface area contributed by atoms with Gasteiger partial charge in [-0.25, -0.2) is 14.8 Å². The smallest absolute Gasteiger partial charge is 0.410 e. The number of nitrogens with zero attached hydrogens (tertiary/aromatic N) is 5. The minimum Gasteiger partial charge on any atom is -0.444 e. The molecule has 2 aromatic heterocycles. The van der Waals surface area contributed by atoms with Gasteiger partial charge in [-0.3, -0.25) is 9.78 Å². The first kappa shape index (κ1) is 28.1. The molecule has 0 bridgehead atoms. The molecule has 2 aliphatic heterocycles. The Hall–Kier alpha value is -4.45. The zero-order valence-electron chi connectivity index (χ0n) is 23.6. The van der Waals surface area contributed by atoms with Gasteiger partial charge in [-0.2, -0.15) is 0 Å². The van der Waals surface area contributed by atoms with E-state index in [2.05, 4.69) is 30.5 Å². The molecule has 0 radical (unpaired) electrons. The van der Waals surface area contributed by atoms with Crippen LogP contribution < -0.4 is 21.3 Å². The van der Waals surface area contributed by atoms with Crippen molar-refractivity contribution in [1.82, 2.24) is 19.9 Å². The predicted octanol–water partition coefficient (Wildman–Crippen LogP) is 3.63. The third kappa shape index (κ3) is 7.01. The Morgan fingerprint density at radius 2 is 1.83 bits per heavy atom. The highest BCUT2D eigenvalue weighted by molar-refractivity contribution is 6.07. The number of rotatable bonds is 6. The molecule has 4 heterocycles. The van der Waals surface area contributed by atoms with Crippen LogP contribution in [0.2, 0.25) is 0 Å². The van der Waals surface area contributed by atoms with Crippen LogP contribution in [0.1, 0.15) is 37.7 Å². The van der Waals surface area contributed by atoms with Gasteiger partial charge in [0.1, 0.15) is 5.60 Å². The summed E-state index contributed by atoms with van der Waals surface area (Å²) in [5.41, 5.74) is 9.23. The summed E-state index contributed by atoms with van der Waals surface area (Å²) < 4.78 is 10.9. The Morgan fingerprint density at radius 1 is 1.07 bits per heavy atom. The SMILES string of the molecule is CC(C)(C)OC(=O)N1CC[C@@H](Nc2ccc(-c3cnc(N)c(C(=O)Nc4cnccc4N4CCOCC4)n3)cc2)C1. The molecule has 41 heavy (non-hydrogen) atoms. The Kier molecular flexibility index (Phi) is 8.20. The second-order valence-corrected chi connectivity index (χ2v) is 11.1. The van der Waals surface area contributed by atoms with E-state index in [1.807, 2.05) is 51.1 Å². The number of nitrogen functional groups attached to an aromatic ring is 1. The molecular weight excluding hydrogens is 524 g/mol. The molecule has 12 nitrogen and oxygen atoms in total. The number of ether oxygens (including phenoxy) is 2. The van der Waals surface area contributed by atoms with Gasteiger partial charge in [0.15, 0.2) is 11.5 Å². The molecule has 4 N–H and O–H groups in total. The van der Waals surface area contributed by atoms with E-state index in [1.54, 1.807) is 23.5 Å². The Labute approximate surface area is 239 Å². The highest BCUT2D eigenvalue weighted by Crippen LogP contribution is 2.27. The number of carbonyl (C=O) groups excluding carboxylic acids is 2. The molecule has 0 saturated carbocycles. The van der Waals surface area contributed by atoms with Gasteiger partial charge in [-0.05, 0) is 45.4 Å². The van der Waals surface area contributed by atoms with E-state index in [0.29, 0.717) is 37.7 Å². The second kappa shape index (κ2) is 12.0. The molecule has 3 aromatic rings. The van der Waals surface area contributed by atoms with E-state index in [1.165, 1.54) is 0 Å². The molecule has 216 valence electrons. The van der Waals surface area contributed by atoms with Crippen molar-refractivity contribution in [2.24, 2.45) is 0 Å². The number of pyridine rings is 1. The minimum atomic E-state index is -0.519. The van der Waals surface area contributed by atoms with Gasteiger partial charge in [0.2, 0.25) is 0 Å². The van der Waals surface area contributed by atoms with Crippen molar-refractivity contribution < 1.29 is 19.1 Å². The number of aromatic nitrogens is 3. The van der Waals surface area contributed by atoms with E-state index < -0.39 is 11.5 Å². The van der Waals surface area contributed by atoms with Crippen LogP contribution >= 0.6 is 0 Å². The molecule has 12 heteroatoms. The molecule has 2 amide bonds. The van der Waals surface area contributed by atoms with Crippen LogP contribution in [0.4, 0.5) is 27.7 Å². The van der Waals surface area contributed by atoms with E-state index >= 15 is 0 Å². The number of carbonyl (C=O) groups is 2. The first-order valence-electron chi connectivity index (χ1n) is 13.7. The summed E-state index contributed by atoms with van der Waals surface area (Å²) in [5, 5.41) is 6.38. The van der Waals surface area contributed by atoms with Gasteiger partial charge in [-0.15, -0.1) is 0 Å². The van der Waals surface area contributed by atoms with Gasteiger partial charge < -0.3 is 35.6 Å². The summed E-state index contributed by atoms with van der Waals surface area (Å²) in [6, 6.07) is 9.67. The van der Waals surface area contributed by atoms with Crippen LogP contribution in [0, 0.1) is 0 Å². The number of likely N-dealkylation sites (tertiary alicyclic amines) is 1. The van der Waals surface area contributed by atoms with Crippen molar-refractivity contribution in [1.29, 1.82) is 0 Å². The van der Waals surface area contributed by atoms with Crippen LogP contribution in [0.3, 0.4) is 0 Å². The minimum absolute atomic E-state index is 0.0367. The quantitative estimate of drug-likeness (QED) is 0.408. The fraction of sp³-hybridized carbons (Fsp3) is 0.414. The molecule has 0 aliphatic carbocycles. The number of amides is 2. The van der Waals surface area contributed by atoms with E-state index in [-0.39, 0.29) is 23.6 Å². The van der Waals surface area contributed by atoms with Crippen LogP contribution in [-0.4, -0.2) is 82.9 Å². The van der Waals surface area contributed by atoms with Gasteiger partial charge in [0, 0.05) is 49.7 Å². The number of nitrogens with two attached hydrogens (primary N) is 1. The summed E-state index contributed by atoms with van der Waals surface area (Å²) in [7, 11) is 0. The number of benzene rings is 1. The lowest BCUT2D eigenvalue weighted by Crippen LogP contribution is -2.36. The monoisotopic (exact) mass is 560 g/mol. The predicted molar refractivity (Wildman–Crippen MR) is 157 cm³/mol. The van der Waals surface area contributed by atoms with Gasteiger partial charge in [0.25, 0.3) is 5.91 Å². The van der Waals surface area contributed by atoms with Gasteiger partial charge >= 0.3 is 6.09 Å². The summed E-state index contributed by atoms with van der Waals surface area (Å²) in [6.45, 7) is 9.49. The number of nitrogens with one attached hydrogen (secondary N) is 2. The maximum Gasteiger partial charge on any atom is 0.410 e. The molecule has 5 rings (SSSR count). The average Bonchev–Trinajstić information content (AvgIpc) is 3.42. The third-order valence-electron chi connectivity index (χ3n) is 6.81. The zero-order valence-corrected chi connectivity index (χ0v) is 23.6. The van der Waals surface area contributed by atoms with Crippen molar-refractivity contribution in [3.63, 3.8) is 0 Å². The van der Waals surface area contributed by atoms with Crippen molar-refractivity contribution in [2.75, 3.05) is 60.7 Å². The van der Waals surface area contributed by atoms with Crippen molar-refractivity contribution in [3.8, 4) is 11.3 Å². The number of morpholine rings is 1. The number of anilines is 4. The van der Waals surface area contributed by atoms with Crippen molar-refractivity contribution in [2.45, 2.75) is 38.8 Å². The Balaban J connectivity index is 1.24. The molecule has 1 atom stereocenters. The Morgan fingerprint density at radius 3 is 2.56 bits per heavy atom. The van der Waals surface area contributed by atoms with E-state index in [9.17, 15) is 9.59 Å². The molecule has 2 saturated heterocycles. The lowest BCUT2D eigenvalue weighted by Gasteiger charge is -2.30. The Bertz CT molecular complexity index is 1390. The van der Waals surface area contributed by atoms with Crippen molar-refractivity contribution >= 4 is 34.9 Å². The highest BCUT2D eigenvalue weighted by Gasteiger charge is 2.29. The summed E-state index contributed by atoms with van der Waals surface area (Å²) >= 11 is 0. The van der Waals surface area contributed by atoms with Crippen molar-refractivity contribution in [3.05, 3.63) is 54.6 Å². The molecule has 2 aliphatic rings. The van der Waals surface area contributed by atoms with E-state index in [4.69, 9.17) is 15.2 Å². The topological polar surface area (TPSA) is 148 Å². The van der Waals surface area contributed by atoms with Gasteiger partial charge in [0.05, 0.1) is 42.7 Å². The van der Waals surface area contributed by atoms with Crippen LogP contribution in [0.25, 0.3) is 11.3 Å².